The molecule has 170 valence electrons. The zero-order chi connectivity index (χ0) is 24.0. The van der Waals surface area contributed by atoms with E-state index in [-0.39, 0.29) is 34.2 Å². The van der Waals surface area contributed by atoms with Crippen LogP contribution in [0.3, 0.4) is 0 Å². The molecule has 0 unspecified atom stereocenters. The lowest BCUT2D eigenvalue weighted by atomic mass is 9.88. The summed E-state index contributed by atoms with van der Waals surface area (Å²) in [5, 5.41) is 10.2. The topological polar surface area (TPSA) is 96.4 Å². The number of rotatable bonds is 3. The second-order valence-electron chi connectivity index (χ2n) is 7.79. The average molecular weight is 494 g/mol. The van der Waals surface area contributed by atoms with Gasteiger partial charge in [0.1, 0.15) is 22.4 Å². The molecule has 0 amide bonds. The van der Waals surface area contributed by atoms with E-state index in [1.165, 1.54) is 18.2 Å². The summed E-state index contributed by atoms with van der Waals surface area (Å²) >= 11 is 6.19. The third kappa shape index (κ3) is 3.41. The van der Waals surface area contributed by atoms with Crippen molar-refractivity contribution in [3.05, 3.63) is 117 Å². The monoisotopic (exact) mass is 493 g/mol. The van der Waals surface area contributed by atoms with Crippen LogP contribution in [0.5, 0.6) is 0 Å². The highest BCUT2D eigenvalue weighted by Gasteiger charge is 2.47. The predicted molar refractivity (Wildman–Crippen MR) is 127 cm³/mol. The summed E-state index contributed by atoms with van der Waals surface area (Å²) in [6, 6.07) is 21.3. The number of benzene rings is 3. The van der Waals surface area contributed by atoms with Gasteiger partial charge in [0.2, 0.25) is 5.88 Å². The van der Waals surface area contributed by atoms with Crippen LogP contribution >= 0.6 is 11.6 Å². The molecule has 0 radical (unpaired) electrons. The van der Waals surface area contributed by atoms with E-state index in [4.69, 9.17) is 22.1 Å². The fraction of sp³-hybridized carbons (Fsp3) is 0.0800. The maximum Gasteiger partial charge on any atom is 0.265 e. The molecule has 9 heteroatoms. The van der Waals surface area contributed by atoms with Gasteiger partial charge < -0.3 is 10.5 Å². The standard InChI is InChI=1S/C25H17ClFN3O3S/c26-17-8-5-7-15(12-17)22-19(13-28)25(29)33-23-18-9-2-4-11-21(18)30(34(31,32)24(22)23)14-16-6-1-3-10-20(16)27/h1-12,22H,14,29H2/t22-/m0/s1. The molecule has 0 saturated carbocycles. The van der Waals surface area contributed by atoms with Crippen molar-refractivity contribution in [2.45, 2.75) is 12.5 Å². The molecule has 0 fully saturated rings. The van der Waals surface area contributed by atoms with Gasteiger partial charge in [-0.25, -0.2) is 12.8 Å². The van der Waals surface area contributed by atoms with Gasteiger partial charge in [-0.2, -0.15) is 5.26 Å². The van der Waals surface area contributed by atoms with Crippen molar-refractivity contribution in [1.29, 1.82) is 5.26 Å². The molecular formula is C25H17ClFN3O3S. The minimum absolute atomic E-state index is 0.0434. The van der Waals surface area contributed by atoms with Gasteiger partial charge in [-0.05, 0) is 35.9 Å². The number of nitrogens with two attached hydrogens (primary N) is 1. The number of para-hydroxylation sites is 1. The van der Waals surface area contributed by atoms with Gasteiger partial charge in [0.25, 0.3) is 10.0 Å². The third-order valence-corrected chi connectivity index (χ3v) is 7.93. The van der Waals surface area contributed by atoms with Crippen molar-refractivity contribution < 1.29 is 17.5 Å². The van der Waals surface area contributed by atoms with E-state index in [0.29, 0.717) is 21.8 Å². The number of halogens is 2. The Morgan fingerprint density at radius 3 is 2.56 bits per heavy atom. The Hall–Kier alpha value is -3.80. The highest BCUT2D eigenvalue weighted by molar-refractivity contribution is 7.96. The Bertz CT molecular complexity index is 1540. The summed E-state index contributed by atoms with van der Waals surface area (Å²) in [4.78, 5) is -0.143. The van der Waals surface area contributed by atoms with Gasteiger partial charge in [-0.3, -0.25) is 4.31 Å². The number of ether oxygens (including phenoxy) is 1. The average Bonchev–Trinajstić information content (AvgIpc) is 2.82. The number of nitriles is 1. The summed E-state index contributed by atoms with van der Waals surface area (Å²) in [7, 11) is -4.29. The maximum absolute atomic E-state index is 14.5. The molecule has 6 nitrogen and oxygen atoms in total. The van der Waals surface area contributed by atoms with Crippen molar-refractivity contribution in [1.82, 2.24) is 0 Å². The van der Waals surface area contributed by atoms with Crippen LogP contribution in [0.25, 0.3) is 5.76 Å². The quantitative estimate of drug-likeness (QED) is 0.553. The van der Waals surface area contributed by atoms with Crippen molar-refractivity contribution >= 4 is 33.1 Å². The van der Waals surface area contributed by atoms with Crippen LogP contribution < -0.4 is 10.0 Å². The van der Waals surface area contributed by atoms with Crippen LogP contribution in [0.15, 0.2) is 89.2 Å². The minimum Gasteiger partial charge on any atom is -0.439 e. The molecule has 2 N–H and O–H groups in total. The molecule has 3 aromatic carbocycles. The van der Waals surface area contributed by atoms with Gasteiger partial charge in [-0.1, -0.05) is 54.1 Å². The van der Waals surface area contributed by atoms with E-state index in [1.807, 2.05) is 6.07 Å². The second-order valence-corrected chi connectivity index (χ2v) is 10.1. The van der Waals surface area contributed by atoms with Crippen molar-refractivity contribution in [3.63, 3.8) is 0 Å². The summed E-state index contributed by atoms with van der Waals surface area (Å²) in [5.41, 5.74) is 7.51. The van der Waals surface area contributed by atoms with Gasteiger partial charge in [-0.15, -0.1) is 0 Å². The van der Waals surface area contributed by atoms with Crippen LogP contribution in [-0.2, 0) is 21.3 Å². The SMILES string of the molecule is N#CC1=C(N)OC2=C([C@H]1c1cccc(Cl)c1)S(=O)(=O)N(Cc1ccccc1F)c1ccccc12. The molecule has 3 aromatic rings. The Morgan fingerprint density at radius 1 is 1.09 bits per heavy atom. The highest BCUT2D eigenvalue weighted by Crippen LogP contribution is 2.51. The van der Waals surface area contributed by atoms with Crippen LogP contribution in [0, 0.1) is 17.1 Å². The van der Waals surface area contributed by atoms with E-state index in [9.17, 15) is 18.1 Å². The maximum atomic E-state index is 14.5. The number of allylic oxidation sites excluding steroid dienone is 2. The van der Waals surface area contributed by atoms with Crippen LogP contribution in [0.1, 0.15) is 22.6 Å². The van der Waals surface area contributed by atoms with Gasteiger partial charge in [0.05, 0.1) is 18.2 Å². The normalized spacial score (nSPS) is 18.6. The molecule has 2 aliphatic heterocycles. The highest BCUT2D eigenvalue weighted by atomic mass is 35.5. The smallest absolute Gasteiger partial charge is 0.265 e. The van der Waals surface area contributed by atoms with Crippen molar-refractivity contribution in [2.24, 2.45) is 5.73 Å². The molecule has 5 rings (SSSR count). The second kappa shape index (κ2) is 8.20. The van der Waals surface area contributed by atoms with Crippen LogP contribution in [-0.4, -0.2) is 8.42 Å². The fourth-order valence-electron chi connectivity index (χ4n) is 4.28. The first kappa shape index (κ1) is 22.0. The van der Waals surface area contributed by atoms with Crippen molar-refractivity contribution in [3.8, 4) is 6.07 Å². The Morgan fingerprint density at radius 2 is 1.82 bits per heavy atom. The van der Waals surface area contributed by atoms with E-state index in [1.54, 1.807) is 54.6 Å². The van der Waals surface area contributed by atoms with E-state index >= 15 is 0 Å². The lowest BCUT2D eigenvalue weighted by molar-refractivity contribution is 0.357. The zero-order valence-electron chi connectivity index (χ0n) is 17.6. The summed E-state index contributed by atoms with van der Waals surface area (Å²) in [6.45, 7) is -0.244. The summed E-state index contributed by atoms with van der Waals surface area (Å²) < 4.78 is 49.7. The molecule has 0 aliphatic carbocycles. The largest absolute Gasteiger partial charge is 0.439 e. The number of sulfonamides is 1. The van der Waals surface area contributed by atoms with Crippen LogP contribution in [0.2, 0.25) is 5.02 Å². The van der Waals surface area contributed by atoms with E-state index in [2.05, 4.69) is 0 Å². The predicted octanol–water partition coefficient (Wildman–Crippen LogP) is 5.01. The Labute approximate surface area is 201 Å². The summed E-state index contributed by atoms with van der Waals surface area (Å²) in [5.74, 6) is -1.71. The molecule has 0 aromatic heterocycles. The fourth-order valence-corrected chi connectivity index (χ4v) is 6.38. The Kier molecular flexibility index (Phi) is 5.31. The van der Waals surface area contributed by atoms with Crippen LogP contribution in [0.4, 0.5) is 10.1 Å². The third-order valence-electron chi connectivity index (χ3n) is 5.81. The lowest BCUT2D eigenvalue weighted by Crippen LogP contribution is -2.39. The van der Waals surface area contributed by atoms with Gasteiger partial charge in [0, 0.05) is 16.1 Å². The van der Waals surface area contributed by atoms with E-state index in [0.717, 1.165) is 4.31 Å². The molecule has 0 bridgehead atoms. The number of hydrogen-bond acceptors (Lipinski definition) is 5. The molecular weight excluding hydrogens is 477 g/mol. The first-order valence-electron chi connectivity index (χ1n) is 10.3. The van der Waals surface area contributed by atoms with E-state index < -0.39 is 21.8 Å². The molecule has 0 spiro atoms. The first-order valence-corrected chi connectivity index (χ1v) is 12.1. The molecule has 0 saturated heterocycles. The van der Waals surface area contributed by atoms with Gasteiger partial charge >= 0.3 is 0 Å². The Balaban J connectivity index is 1.78. The van der Waals surface area contributed by atoms with Gasteiger partial charge in [0.15, 0.2) is 5.76 Å². The lowest BCUT2D eigenvalue weighted by Gasteiger charge is -2.38. The molecule has 2 aliphatic rings. The first-order chi connectivity index (χ1) is 16.3. The number of hydrogen-bond donors (Lipinski definition) is 1. The minimum atomic E-state index is -4.29. The molecule has 34 heavy (non-hydrogen) atoms. The number of nitrogens with zero attached hydrogens (tertiary/aromatic N) is 2. The summed E-state index contributed by atoms with van der Waals surface area (Å²) in [6.07, 6.45) is 0. The molecule has 2 heterocycles. The number of anilines is 1. The number of fused-ring (bicyclic) bond motifs is 2. The zero-order valence-corrected chi connectivity index (χ0v) is 19.1. The molecule has 1 atom stereocenters. The van der Waals surface area contributed by atoms with Crippen molar-refractivity contribution in [2.75, 3.05) is 4.31 Å².